The molecule has 0 aliphatic rings. The molecule has 0 aliphatic heterocycles. The molecule has 27 heavy (non-hydrogen) atoms. The Bertz CT molecular complexity index is 928. The number of methoxy groups -OCH3 is 1. The van der Waals surface area contributed by atoms with Crippen molar-refractivity contribution in [2.24, 2.45) is 0 Å². The number of aryl methyl sites for hydroxylation is 1. The van der Waals surface area contributed by atoms with Crippen LogP contribution in [0, 0.1) is 12.7 Å². The summed E-state index contributed by atoms with van der Waals surface area (Å²) in [4.78, 5) is 12.1. The van der Waals surface area contributed by atoms with Gasteiger partial charge in [0, 0.05) is 6.54 Å². The molecular formula is C19H19FN4O2S. The van der Waals surface area contributed by atoms with Gasteiger partial charge in [-0.05, 0) is 36.8 Å². The van der Waals surface area contributed by atoms with Crippen molar-refractivity contribution >= 4 is 17.7 Å². The molecule has 1 heterocycles. The molecule has 1 aromatic heterocycles. The number of benzene rings is 2. The van der Waals surface area contributed by atoms with Crippen molar-refractivity contribution in [2.45, 2.75) is 18.6 Å². The fraction of sp³-hybridized carbons (Fsp3) is 0.211. The van der Waals surface area contributed by atoms with E-state index in [4.69, 9.17) is 4.74 Å². The van der Waals surface area contributed by atoms with E-state index in [0.29, 0.717) is 23.3 Å². The largest absolute Gasteiger partial charge is 0.495 e. The van der Waals surface area contributed by atoms with Crippen molar-refractivity contribution in [1.82, 2.24) is 20.1 Å². The van der Waals surface area contributed by atoms with Gasteiger partial charge in [-0.3, -0.25) is 9.36 Å². The molecule has 140 valence electrons. The van der Waals surface area contributed by atoms with E-state index < -0.39 is 0 Å². The lowest BCUT2D eigenvalue weighted by molar-refractivity contribution is -0.118. The van der Waals surface area contributed by atoms with E-state index in [-0.39, 0.29) is 17.5 Å². The van der Waals surface area contributed by atoms with Crippen LogP contribution in [-0.4, -0.2) is 33.5 Å². The summed E-state index contributed by atoms with van der Waals surface area (Å²) in [6.07, 6.45) is 0. The molecule has 0 fully saturated rings. The highest BCUT2D eigenvalue weighted by molar-refractivity contribution is 7.99. The quantitative estimate of drug-likeness (QED) is 0.632. The van der Waals surface area contributed by atoms with Gasteiger partial charge in [0.25, 0.3) is 0 Å². The summed E-state index contributed by atoms with van der Waals surface area (Å²) < 4.78 is 20.2. The lowest BCUT2D eigenvalue weighted by atomic mass is 10.2. The number of carbonyl (C=O) groups excluding carboxylic acids is 1. The van der Waals surface area contributed by atoms with Gasteiger partial charge in [-0.1, -0.05) is 36.0 Å². The predicted molar refractivity (Wildman–Crippen MR) is 102 cm³/mol. The number of ether oxygens (including phenoxy) is 1. The van der Waals surface area contributed by atoms with Gasteiger partial charge in [-0.25, -0.2) is 4.39 Å². The number of nitrogens with one attached hydrogen (secondary N) is 1. The number of thioether (sulfide) groups is 1. The SMILES string of the molecule is COc1ccccc1-n1c(C)nnc1SCC(=O)NCc1ccc(F)cc1. The van der Waals surface area contributed by atoms with Crippen LogP contribution in [0.2, 0.25) is 0 Å². The van der Waals surface area contributed by atoms with Crippen molar-refractivity contribution in [1.29, 1.82) is 0 Å². The summed E-state index contributed by atoms with van der Waals surface area (Å²) in [6, 6.07) is 13.6. The minimum atomic E-state index is -0.299. The van der Waals surface area contributed by atoms with Gasteiger partial charge in [0.1, 0.15) is 17.4 Å². The number of carbonyl (C=O) groups is 1. The van der Waals surface area contributed by atoms with Crippen molar-refractivity contribution in [3.63, 3.8) is 0 Å². The van der Waals surface area contributed by atoms with Gasteiger partial charge in [0.2, 0.25) is 5.91 Å². The molecule has 8 heteroatoms. The molecule has 0 aliphatic carbocycles. The van der Waals surface area contributed by atoms with Crippen LogP contribution >= 0.6 is 11.8 Å². The molecule has 1 N–H and O–H groups in total. The van der Waals surface area contributed by atoms with Crippen molar-refractivity contribution in [3.05, 3.63) is 65.7 Å². The van der Waals surface area contributed by atoms with Gasteiger partial charge in [-0.2, -0.15) is 0 Å². The zero-order valence-corrected chi connectivity index (χ0v) is 15.8. The first-order chi connectivity index (χ1) is 13.1. The maximum absolute atomic E-state index is 12.9. The molecule has 1 amide bonds. The first kappa shape index (κ1) is 18.9. The monoisotopic (exact) mass is 386 g/mol. The number of halogens is 1. The summed E-state index contributed by atoms with van der Waals surface area (Å²) in [7, 11) is 1.61. The average Bonchev–Trinajstić information content (AvgIpc) is 3.06. The van der Waals surface area contributed by atoms with Crippen LogP contribution in [0.3, 0.4) is 0 Å². The van der Waals surface area contributed by atoms with Crippen LogP contribution in [0.5, 0.6) is 5.75 Å². The predicted octanol–water partition coefficient (Wildman–Crippen LogP) is 3.13. The molecule has 0 spiro atoms. The molecule has 2 aromatic carbocycles. The molecule has 0 saturated carbocycles. The summed E-state index contributed by atoms with van der Waals surface area (Å²) in [5, 5.41) is 11.7. The number of amides is 1. The molecule has 0 saturated heterocycles. The first-order valence-corrected chi connectivity index (χ1v) is 9.26. The second-order valence-electron chi connectivity index (χ2n) is 5.73. The summed E-state index contributed by atoms with van der Waals surface area (Å²) in [5.74, 6) is 1.15. The molecular weight excluding hydrogens is 367 g/mol. The maximum atomic E-state index is 12.9. The highest BCUT2D eigenvalue weighted by Crippen LogP contribution is 2.28. The molecule has 3 rings (SSSR count). The van der Waals surface area contributed by atoms with Crippen molar-refractivity contribution in [2.75, 3.05) is 12.9 Å². The Hall–Kier alpha value is -2.87. The average molecular weight is 386 g/mol. The van der Waals surface area contributed by atoms with Gasteiger partial charge in [0.05, 0.1) is 18.6 Å². The number of para-hydroxylation sites is 2. The van der Waals surface area contributed by atoms with Gasteiger partial charge >= 0.3 is 0 Å². The standard InChI is InChI=1S/C19H19FN4O2S/c1-13-22-23-19(24(13)16-5-3-4-6-17(16)26-2)27-12-18(25)21-11-14-7-9-15(20)10-8-14/h3-10H,11-12H2,1-2H3,(H,21,25). The van der Waals surface area contributed by atoms with E-state index >= 15 is 0 Å². The third kappa shape index (κ3) is 4.65. The Labute approximate surface area is 160 Å². The minimum absolute atomic E-state index is 0.142. The second-order valence-corrected chi connectivity index (χ2v) is 6.67. The Morgan fingerprint density at radius 3 is 2.67 bits per heavy atom. The molecule has 3 aromatic rings. The van der Waals surface area contributed by atoms with Crippen LogP contribution in [0.15, 0.2) is 53.7 Å². The maximum Gasteiger partial charge on any atom is 0.230 e. The van der Waals surface area contributed by atoms with Crippen molar-refractivity contribution in [3.8, 4) is 11.4 Å². The van der Waals surface area contributed by atoms with Crippen LogP contribution in [0.25, 0.3) is 5.69 Å². The molecule has 0 bridgehead atoms. The summed E-state index contributed by atoms with van der Waals surface area (Å²) in [5.41, 5.74) is 1.65. The normalized spacial score (nSPS) is 10.6. The highest BCUT2D eigenvalue weighted by Gasteiger charge is 2.16. The van der Waals surface area contributed by atoms with Gasteiger partial charge in [-0.15, -0.1) is 10.2 Å². The van der Waals surface area contributed by atoms with Crippen LogP contribution in [-0.2, 0) is 11.3 Å². The summed E-state index contributed by atoms with van der Waals surface area (Å²) in [6.45, 7) is 2.19. The van der Waals surface area contributed by atoms with E-state index in [9.17, 15) is 9.18 Å². The molecule has 0 atom stereocenters. The number of hydrogen-bond acceptors (Lipinski definition) is 5. The number of rotatable bonds is 7. The van der Waals surface area contributed by atoms with E-state index in [1.54, 1.807) is 19.2 Å². The minimum Gasteiger partial charge on any atom is -0.495 e. The van der Waals surface area contributed by atoms with E-state index in [0.717, 1.165) is 11.3 Å². The third-order valence-electron chi connectivity index (χ3n) is 3.86. The second kappa shape index (κ2) is 8.68. The van der Waals surface area contributed by atoms with Crippen LogP contribution in [0.1, 0.15) is 11.4 Å². The zero-order chi connectivity index (χ0) is 19.2. The van der Waals surface area contributed by atoms with Crippen LogP contribution in [0.4, 0.5) is 4.39 Å². The Morgan fingerprint density at radius 2 is 1.93 bits per heavy atom. The molecule has 0 radical (unpaired) electrons. The van der Waals surface area contributed by atoms with Gasteiger partial charge in [0.15, 0.2) is 5.16 Å². The summed E-state index contributed by atoms with van der Waals surface area (Å²) >= 11 is 1.29. The molecule has 0 unspecified atom stereocenters. The smallest absolute Gasteiger partial charge is 0.230 e. The van der Waals surface area contributed by atoms with Crippen molar-refractivity contribution < 1.29 is 13.9 Å². The Morgan fingerprint density at radius 1 is 1.19 bits per heavy atom. The Balaban J connectivity index is 1.65. The molecule has 6 nitrogen and oxygen atoms in total. The lowest BCUT2D eigenvalue weighted by Gasteiger charge is -2.12. The number of nitrogens with zero attached hydrogens (tertiary/aromatic N) is 3. The fourth-order valence-corrected chi connectivity index (χ4v) is 3.33. The third-order valence-corrected chi connectivity index (χ3v) is 4.79. The number of aromatic nitrogens is 3. The highest BCUT2D eigenvalue weighted by atomic mass is 32.2. The lowest BCUT2D eigenvalue weighted by Crippen LogP contribution is -2.24. The fourth-order valence-electron chi connectivity index (χ4n) is 2.51. The van der Waals surface area contributed by atoms with Crippen LogP contribution < -0.4 is 10.1 Å². The van der Waals surface area contributed by atoms with E-state index in [1.165, 1.54) is 23.9 Å². The number of hydrogen-bond donors (Lipinski definition) is 1. The van der Waals surface area contributed by atoms with E-state index in [1.807, 2.05) is 35.8 Å². The Kier molecular flexibility index (Phi) is 6.08. The zero-order valence-electron chi connectivity index (χ0n) is 15.0. The van der Waals surface area contributed by atoms with E-state index in [2.05, 4.69) is 15.5 Å². The van der Waals surface area contributed by atoms with Gasteiger partial charge < -0.3 is 10.1 Å². The topological polar surface area (TPSA) is 69.0 Å². The first-order valence-electron chi connectivity index (χ1n) is 8.28.